The molecule has 3 N–H and O–H groups in total. The fourth-order valence-electron chi connectivity index (χ4n) is 2.24. The van der Waals surface area contributed by atoms with E-state index in [1.165, 1.54) is 24.3 Å². The number of hydrazine groups is 1. The van der Waals surface area contributed by atoms with Crippen molar-refractivity contribution in [3.05, 3.63) is 65.0 Å². The monoisotopic (exact) mass is 308 g/mol. The van der Waals surface area contributed by atoms with Gasteiger partial charge in [-0.3, -0.25) is 5.84 Å². The number of benzene rings is 2. The summed E-state index contributed by atoms with van der Waals surface area (Å²) in [7, 11) is -3.23. The highest BCUT2D eigenvalue weighted by molar-refractivity contribution is 7.90. The maximum atomic E-state index is 13.2. The van der Waals surface area contributed by atoms with E-state index in [9.17, 15) is 12.8 Å². The van der Waals surface area contributed by atoms with E-state index < -0.39 is 9.84 Å². The molecule has 0 saturated heterocycles. The molecule has 1 unspecified atom stereocenters. The number of halogens is 1. The largest absolute Gasteiger partial charge is 0.271 e. The van der Waals surface area contributed by atoms with Crippen LogP contribution in [0.2, 0.25) is 0 Å². The van der Waals surface area contributed by atoms with Crippen molar-refractivity contribution >= 4 is 9.84 Å². The van der Waals surface area contributed by atoms with E-state index in [0.717, 1.165) is 22.9 Å². The summed E-state index contributed by atoms with van der Waals surface area (Å²) in [5.74, 6) is 5.30. The molecule has 0 saturated carbocycles. The number of nitrogens with two attached hydrogens (primary N) is 1. The van der Waals surface area contributed by atoms with Crippen LogP contribution in [-0.2, 0) is 9.84 Å². The number of hydrogen-bond acceptors (Lipinski definition) is 4. The third-order valence-electron chi connectivity index (χ3n) is 3.35. The predicted molar refractivity (Wildman–Crippen MR) is 79.9 cm³/mol. The molecule has 0 radical (unpaired) electrons. The van der Waals surface area contributed by atoms with Crippen molar-refractivity contribution in [1.29, 1.82) is 0 Å². The first-order valence-electron chi connectivity index (χ1n) is 6.35. The quantitative estimate of drug-likeness (QED) is 0.670. The van der Waals surface area contributed by atoms with E-state index in [1.54, 1.807) is 25.1 Å². The lowest BCUT2D eigenvalue weighted by molar-refractivity contribution is 0.600. The van der Waals surface area contributed by atoms with Crippen molar-refractivity contribution in [2.24, 2.45) is 5.84 Å². The van der Waals surface area contributed by atoms with Crippen LogP contribution in [0.15, 0.2) is 47.4 Å². The van der Waals surface area contributed by atoms with Gasteiger partial charge in [0.05, 0.1) is 10.9 Å². The summed E-state index contributed by atoms with van der Waals surface area (Å²) in [5.41, 5.74) is 5.09. The van der Waals surface area contributed by atoms with Gasteiger partial charge < -0.3 is 0 Å². The summed E-state index contributed by atoms with van der Waals surface area (Å²) < 4.78 is 36.1. The second-order valence-corrected chi connectivity index (χ2v) is 6.96. The molecule has 0 bridgehead atoms. The SMILES string of the molecule is Cc1cc(F)ccc1C(NN)c1ccc(S(C)(=O)=O)cc1. The van der Waals surface area contributed by atoms with Gasteiger partial charge in [0.15, 0.2) is 9.84 Å². The minimum Gasteiger partial charge on any atom is -0.271 e. The Bertz CT molecular complexity index is 743. The van der Waals surface area contributed by atoms with Crippen molar-refractivity contribution < 1.29 is 12.8 Å². The summed E-state index contributed by atoms with van der Waals surface area (Å²) in [6, 6.07) is 10.6. The maximum Gasteiger partial charge on any atom is 0.175 e. The number of rotatable bonds is 4. The molecule has 0 heterocycles. The molecule has 0 aliphatic rings. The minimum atomic E-state index is -3.23. The molecule has 2 rings (SSSR count). The molecule has 112 valence electrons. The summed E-state index contributed by atoms with van der Waals surface area (Å²) in [6.07, 6.45) is 1.16. The zero-order valence-corrected chi connectivity index (χ0v) is 12.6. The van der Waals surface area contributed by atoms with Gasteiger partial charge in [0, 0.05) is 6.26 Å². The average Bonchev–Trinajstić information content (AvgIpc) is 2.41. The van der Waals surface area contributed by atoms with E-state index >= 15 is 0 Å². The molecule has 2 aromatic carbocycles. The second-order valence-electron chi connectivity index (χ2n) is 4.94. The Balaban J connectivity index is 2.42. The third-order valence-corrected chi connectivity index (χ3v) is 4.48. The Labute approximate surface area is 123 Å². The Hall–Kier alpha value is -1.76. The van der Waals surface area contributed by atoms with Crippen molar-refractivity contribution in [2.45, 2.75) is 17.9 Å². The molecule has 0 aliphatic heterocycles. The Kier molecular flexibility index (Phi) is 4.41. The summed E-state index contributed by atoms with van der Waals surface area (Å²) in [6.45, 7) is 1.80. The summed E-state index contributed by atoms with van der Waals surface area (Å²) in [5, 5.41) is 0. The molecule has 0 spiro atoms. The Morgan fingerprint density at radius 3 is 2.24 bits per heavy atom. The lowest BCUT2D eigenvalue weighted by Crippen LogP contribution is -2.29. The van der Waals surface area contributed by atoms with E-state index in [0.29, 0.717) is 0 Å². The second kappa shape index (κ2) is 5.93. The first kappa shape index (κ1) is 15.6. The zero-order chi connectivity index (χ0) is 15.6. The molecular weight excluding hydrogens is 291 g/mol. The lowest BCUT2D eigenvalue weighted by atomic mass is 9.95. The van der Waals surface area contributed by atoms with Gasteiger partial charge in [-0.25, -0.2) is 18.2 Å². The molecule has 21 heavy (non-hydrogen) atoms. The van der Waals surface area contributed by atoms with E-state index in [1.807, 2.05) is 0 Å². The van der Waals surface area contributed by atoms with Crippen molar-refractivity contribution in [3.63, 3.8) is 0 Å². The van der Waals surface area contributed by atoms with Crippen molar-refractivity contribution in [1.82, 2.24) is 5.43 Å². The van der Waals surface area contributed by atoms with Gasteiger partial charge in [0.25, 0.3) is 0 Å². The average molecular weight is 308 g/mol. The van der Waals surface area contributed by atoms with Crippen LogP contribution in [0.3, 0.4) is 0 Å². The molecule has 0 aromatic heterocycles. The lowest BCUT2D eigenvalue weighted by Gasteiger charge is -2.19. The molecule has 4 nitrogen and oxygen atoms in total. The number of hydrogen-bond donors (Lipinski definition) is 2. The molecule has 1 atom stereocenters. The number of nitrogens with one attached hydrogen (secondary N) is 1. The molecular formula is C15H17FN2O2S. The van der Waals surface area contributed by atoms with Crippen LogP contribution in [0, 0.1) is 12.7 Å². The van der Waals surface area contributed by atoms with Crippen LogP contribution in [0.4, 0.5) is 4.39 Å². The zero-order valence-electron chi connectivity index (χ0n) is 11.8. The predicted octanol–water partition coefficient (Wildman–Crippen LogP) is 2.09. The highest BCUT2D eigenvalue weighted by Gasteiger charge is 2.16. The van der Waals surface area contributed by atoms with Crippen LogP contribution < -0.4 is 11.3 Å². The summed E-state index contributed by atoms with van der Waals surface area (Å²) >= 11 is 0. The van der Waals surface area contributed by atoms with Gasteiger partial charge >= 0.3 is 0 Å². The van der Waals surface area contributed by atoms with E-state index in [2.05, 4.69) is 5.43 Å². The Morgan fingerprint density at radius 1 is 1.14 bits per heavy atom. The molecule has 0 aliphatic carbocycles. The van der Waals surface area contributed by atoms with Gasteiger partial charge in [-0.15, -0.1) is 0 Å². The summed E-state index contributed by atoms with van der Waals surface area (Å²) in [4.78, 5) is 0.248. The number of aryl methyl sites for hydroxylation is 1. The molecule has 6 heteroatoms. The first-order valence-corrected chi connectivity index (χ1v) is 8.24. The molecule has 2 aromatic rings. The topological polar surface area (TPSA) is 72.2 Å². The van der Waals surface area contributed by atoms with E-state index in [4.69, 9.17) is 5.84 Å². The standard InChI is InChI=1S/C15H17FN2O2S/c1-10-9-12(16)5-8-14(10)15(18-17)11-3-6-13(7-4-11)21(2,19)20/h3-9,15,18H,17H2,1-2H3. The van der Waals surface area contributed by atoms with Crippen molar-refractivity contribution in [2.75, 3.05) is 6.26 Å². The van der Waals surface area contributed by atoms with E-state index in [-0.39, 0.29) is 16.8 Å². The van der Waals surface area contributed by atoms with Gasteiger partial charge in [0.2, 0.25) is 0 Å². The van der Waals surface area contributed by atoms with Crippen LogP contribution in [0.5, 0.6) is 0 Å². The van der Waals surface area contributed by atoms with Crippen molar-refractivity contribution in [3.8, 4) is 0 Å². The highest BCUT2D eigenvalue weighted by Crippen LogP contribution is 2.25. The minimum absolute atomic E-state index is 0.248. The van der Waals surface area contributed by atoms with Gasteiger partial charge in [-0.2, -0.15) is 0 Å². The van der Waals surface area contributed by atoms with Crippen LogP contribution in [-0.4, -0.2) is 14.7 Å². The number of sulfone groups is 1. The molecule has 0 fully saturated rings. The smallest absolute Gasteiger partial charge is 0.175 e. The normalized spacial score (nSPS) is 13.1. The fraction of sp³-hybridized carbons (Fsp3) is 0.200. The van der Waals surface area contributed by atoms with Crippen LogP contribution in [0.1, 0.15) is 22.7 Å². The fourth-order valence-corrected chi connectivity index (χ4v) is 2.87. The van der Waals surface area contributed by atoms with Crippen LogP contribution in [0.25, 0.3) is 0 Å². The Morgan fingerprint density at radius 2 is 1.76 bits per heavy atom. The van der Waals surface area contributed by atoms with Gasteiger partial charge in [0.1, 0.15) is 5.82 Å². The maximum absolute atomic E-state index is 13.2. The van der Waals surface area contributed by atoms with Gasteiger partial charge in [-0.1, -0.05) is 18.2 Å². The highest BCUT2D eigenvalue weighted by atomic mass is 32.2. The first-order chi connectivity index (χ1) is 9.82. The third kappa shape index (κ3) is 3.47. The molecule has 0 amide bonds. The van der Waals surface area contributed by atoms with Crippen LogP contribution >= 0.6 is 0 Å². The van der Waals surface area contributed by atoms with Gasteiger partial charge in [-0.05, 0) is 47.9 Å².